The second kappa shape index (κ2) is 5.50. The molecule has 7 heteroatoms. The Hall–Kier alpha value is -1.73. The van der Waals surface area contributed by atoms with Gasteiger partial charge >= 0.3 is 0 Å². The molecule has 1 heterocycles. The topological polar surface area (TPSA) is 99.1 Å². The fourth-order valence-corrected chi connectivity index (χ4v) is 2.20. The van der Waals surface area contributed by atoms with Gasteiger partial charge in [0.1, 0.15) is 0 Å². The molecule has 0 spiro atoms. The fourth-order valence-electron chi connectivity index (χ4n) is 1.57. The Kier molecular flexibility index (Phi) is 3.96. The highest BCUT2D eigenvalue weighted by atomic mass is 32.2. The number of nitrogens with zero attached hydrogens (tertiary/aromatic N) is 2. The van der Waals surface area contributed by atoms with E-state index in [1.165, 1.54) is 18.4 Å². The van der Waals surface area contributed by atoms with E-state index in [2.05, 4.69) is 10.2 Å². The number of benzene rings is 1. The minimum Gasteiger partial charge on any atom is -0.421 e. The van der Waals surface area contributed by atoms with Gasteiger partial charge in [-0.15, -0.1) is 10.2 Å². The van der Waals surface area contributed by atoms with E-state index in [9.17, 15) is 8.42 Å². The molecule has 2 rings (SSSR count). The lowest BCUT2D eigenvalue weighted by atomic mass is 10.2. The van der Waals surface area contributed by atoms with Gasteiger partial charge in [0.25, 0.3) is 0 Å². The normalized spacial score (nSPS) is 11.7. The van der Waals surface area contributed by atoms with E-state index in [1.54, 1.807) is 12.1 Å². The summed E-state index contributed by atoms with van der Waals surface area (Å²) in [5.41, 5.74) is 6.10. The molecule has 19 heavy (non-hydrogen) atoms. The molecular weight excluding hydrogens is 266 g/mol. The van der Waals surface area contributed by atoms with Crippen LogP contribution in [0.15, 0.2) is 33.6 Å². The second-order valence-corrected chi connectivity index (χ2v) is 6.21. The molecule has 2 aromatic rings. The number of rotatable bonds is 5. The Morgan fingerprint density at radius 1 is 1.21 bits per heavy atom. The molecule has 1 aromatic heterocycles. The lowest BCUT2D eigenvalue weighted by molar-refractivity contribution is 0.499. The monoisotopic (exact) mass is 281 g/mol. The molecule has 0 saturated heterocycles. The van der Waals surface area contributed by atoms with E-state index in [0.717, 1.165) is 6.42 Å². The van der Waals surface area contributed by atoms with Gasteiger partial charge in [-0.2, -0.15) is 0 Å². The SMILES string of the molecule is CS(=O)(=O)c1ccc(-c2nnc(CCCN)o2)cc1. The molecule has 0 amide bonds. The van der Waals surface area contributed by atoms with Crippen LogP contribution in [0.3, 0.4) is 0 Å². The summed E-state index contributed by atoms with van der Waals surface area (Å²) in [5.74, 6) is 0.916. The van der Waals surface area contributed by atoms with Gasteiger partial charge in [-0.25, -0.2) is 8.42 Å². The van der Waals surface area contributed by atoms with Crippen LogP contribution in [0.5, 0.6) is 0 Å². The van der Waals surface area contributed by atoms with E-state index in [0.29, 0.717) is 30.3 Å². The summed E-state index contributed by atoms with van der Waals surface area (Å²) >= 11 is 0. The first-order valence-electron chi connectivity index (χ1n) is 5.83. The van der Waals surface area contributed by atoms with Gasteiger partial charge in [-0.3, -0.25) is 0 Å². The summed E-state index contributed by atoms with van der Waals surface area (Å²) in [7, 11) is -3.19. The predicted molar refractivity (Wildman–Crippen MR) is 70.2 cm³/mol. The molecule has 2 N–H and O–H groups in total. The Bertz CT molecular complexity index is 647. The zero-order chi connectivity index (χ0) is 13.9. The molecule has 0 saturated carbocycles. The van der Waals surface area contributed by atoms with Crippen molar-refractivity contribution in [3.8, 4) is 11.5 Å². The largest absolute Gasteiger partial charge is 0.421 e. The van der Waals surface area contributed by atoms with Crippen LogP contribution >= 0.6 is 0 Å². The first kappa shape index (κ1) is 13.7. The second-order valence-electron chi connectivity index (χ2n) is 4.19. The van der Waals surface area contributed by atoms with E-state index < -0.39 is 9.84 Å². The lowest BCUT2D eigenvalue weighted by Crippen LogP contribution is -2.00. The third kappa shape index (κ3) is 3.39. The molecule has 0 bridgehead atoms. The van der Waals surface area contributed by atoms with Crippen LogP contribution in [0.2, 0.25) is 0 Å². The molecule has 0 unspecified atom stereocenters. The molecular formula is C12H15N3O3S. The Morgan fingerprint density at radius 3 is 2.47 bits per heavy atom. The number of aromatic nitrogens is 2. The van der Waals surface area contributed by atoms with Crippen molar-refractivity contribution in [1.29, 1.82) is 0 Å². The Morgan fingerprint density at radius 2 is 1.89 bits per heavy atom. The molecule has 0 aliphatic heterocycles. The van der Waals surface area contributed by atoms with Crippen molar-refractivity contribution in [3.05, 3.63) is 30.2 Å². The maximum Gasteiger partial charge on any atom is 0.247 e. The third-order valence-electron chi connectivity index (χ3n) is 2.59. The quantitative estimate of drug-likeness (QED) is 0.878. The molecule has 0 aliphatic carbocycles. The summed E-state index contributed by atoms with van der Waals surface area (Å²) in [6, 6.07) is 6.34. The fraction of sp³-hybridized carbons (Fsp3) is 0.333. The van der Waals surface area contributed by atoms with Gasteiger partial charge in [0, 0.05) is 18.2 Å². The summed E-state index contributed by atoms with van der Waals surface area (Å²) < 4.78 is 28.1. The van der Waals surface area contributed by atoms with Crippen molar-refractivity contribution in [2.45, 2.75) is 17.7 Å². The summed E-state index contributed by atoms with van der Waals surface area (Å²) in [6.45, 7) is 0.570. The number of hydrogen-bond acceptors (Lipinski definition) is 6. The van der Waals surface area contributed by atoms with Gasteiger partial charge in [0.15, 0.2) is 9.84 Å². The van der Waals surface area contributed by atoms with Crippen LogP contribution in [0.4, 0.5) is 0 Å². The Labute approximate surface area is 111 Å². The number of nitrogens with two attached hydrogens (primary N) is 1. The van der Waals surface area contributed by atoms with Gasteiger partial charge in [0.05, 0.1) is 4.90 Å². The smallest absolute Gasteiger partial charge is 0.247 e. The average molecular weight is 281 g/mol. The predicted octanol–water partition coefficient (Wildman–Crippen LogP) is 1.03. The first-order valence-corrected chi connectivity index (χ1v) is 7.73. The van der Waals surface area contributed by atoms with Crippen LogP contribution in [-0.2, 0) is 16.3 Å². The van der Waals surface area contributed by atoms with Crippen LogP contribution in [0, 0.1) is 0 Å². The molecule has 102 valence electrons. The van der Waals surface area contributed by atoms with Crippen molar-refractivity contribution >= 4 is 9.84 Å². The summed E-state index contributed by atoms with van der Waals surface area (Å²) in [6.07, 6.45) is 2.60. The number of sulfone groups is 1. The van der Waals surface area contributed by atoms with Gasteiger partial charge in [-0.1, -0.05) is 0 Å². The van der Waals surface area contributed by atoms with Crippen molar-refractivity contribution in [3.63, 3.8) is 0 Å². The molecule has 0 atom stereocenters. The van der Waals surface area contributed by atoms with Crippen molar-refractivity contribution in [2.24, 2.45) is 5.73 Å². The molecule has 0 aliphatic rings. The summed E-state index contributed by atoms with van der Waals surface area (Å²) in [4.78, 5) is 0.263. The van der Waals surface area contributed by atoms with E-state index in [-0.39, 0.29) is 4.90 Å². The van der Waals surface area contributed by atoms with Crippen LogP contribution in [0.1, 0.15) is 12.3 Å². The van der Waals surface area contributed by atoms with Crippen molar-refractivity contribution in [1.82, 2.24) is 10.2 Å². The van der Waals surface area contributed by atoms with Gasteiger partial charge < -0.3 is 10.2 Å². The van der Waals surface area contributed by atoms with E-state index >= 15 is 0 Å². The van der Waals surface area contributed by atoms with E-state index in [1.807, 2.05) is 0 Å². The van der Waals surface area contributed by atoms with E-state index in [4.69, 9.17) is 10.2 Å². The van der Waals surface area contributed by atoms with Crippen LogP contribution < -0.4 is 5.73 Å². The summed E-state index contributed by atoms with van der Waals surface area (Å²) in [5, 5.41) is 7.84. The maximum atomic E-state index is 11.3. The third-order valence-corrected chi connectivity index (χ3v) is 3.72. The standard InChI is InChI=1S/C12H15N3O3S/c1-19(16,17)10-6-4-9(5-7-10)12-15-14-11(18-12)3-2-8-13/h4-7H,2-3,8,13H2,1H3. The highest BCUT2D eigenvalue weighted by molar-refractivity contribution is 7.90. The minimum atomic E-state index is -3.19. The minimum absolute atomic E-state index is 0.263. The Balaban J connectivity index is 2.20. The lowest BCUT2D eigenvalue weighted by Gasteiger charge is -1.99. The van der Waals surface area contributed by atoms with Crippen molar-refractivity contribution < 1.29 is 12.8 Å². The van der Waals surface area contributed by atoms with Gasteiger partial charge in [-0.05, 0) is 37.2 Å². The molecule has 0 fully saturated rings. The van der Waals surface area contributed by atoms with Crippen LogP contribution in [0.25, 0.3) is 11.5 Å². The average Bonchev–Trinajstić information content (AvgIpc) is 2.84. The van der Waals surface area contributed by atoms with Gasteiger partial charge in [0.2, 0.25) is 11.8 Å². The number of hydrogen-bond donors (Lipinski definition) is 1. The maximum absolute atomic E-state index is 11.3. The first-order chi connectivity index (χ1) is 9.00. The van der Waals surface area contributed by atoms with Crippen molar-refractivity contribution in [2.75, 3.05) is 12.8 Å². The zero-order valence-corrected chi connectivity index (χ0v) is 11.4. The highest BCUT2D eigenvalue weighted by Crippen LogP contribution is 2.20. The van der Waals surface area contributed by atoms with Crippen LogP contribution in [-0.4, -0.2) is 31.4 Å². The number of aryl methyl sites for hydroxylation is 1. The molecule has 1 aromatic carbocycles. The zero-order valence-electron chi connectivity index (χ0n) is 10.5. The molecule has 6 nitrogen and oxygen atoms in total. The molecule has 0 radical (unpaired) electrons. The highest BCUT2D eigenvalue weighted by Gasteiger charge is 2.10.